The summed E-state index contributed by atoms with van der Waals surface area (Å²) in [6, 6.07) is 7.30. The molecule has 1 aromatic carbocycles. The van der Waals surface area contributed by atoms with Crippen molar-refractivity contribution in [1.82, 2.24) is 15.2 Å². The molecule has 0 fully saturated rings. The lowest BCUT2D eigenvalue weighted by molar-refractivity contribution is 0.192. The smallest absolute Gasteiger partial charge is 0.317 e. The first-order valence-electron chi connectivity index (χ1n) is 8.25. The van der Waals surface area contributed by atoms with Crippen molar-refractivity contribution in [3.8, 4) is 0 Å². The van der Waals surface area contributed by atoms with Crippen molar-refractivity contribution in [1.29, 1.82) is 0 Å². The van der Waals surface area contributed by atoms with E-state index >= 15 is 0 Å². The summed E-state index contributed by atoms with van der Waals surface area (Å²) in [5.41, 5.74) is 3.26. The van der Waals surface area contributed by atoms with Crippen LogP contribution in [0.4, 0.5) is 10.6 Å². The number of carbonyl (C=O) groups excluding carboxylic acids is 1. The van der Waals surface area contributed by atoms with Crippen LogP contribution in [-0.4, -0.2) is 29.0 Å². The Bertz CT molecular complexity index is 782. The number of carbonyl (C=O) groups is 1. The Kier molecular flexibility index (Phi) is 5.66. The first kappa shape index (κ1) is 17.8. The molecule has 3 rings (SSSR count). The Labute approximate surface area is 157 Å². The van der Waals surface area contributed by atoms with E-state index in [-0.39, 0.29) is 6.03 Å². The van der Waals surface area contributed by atoms with E-state index in [1.165, 1.54) is 5.56 Å². The number of pyridine rings is 1. The molecule has 1 aromatic heterocycles. The van der Waals surface area contributed by atoms with Gasteiger partial charge in [0.05, 0.1) is 10.0 Å². The van der Waals surface area contributed by atoms with Crippen LogP contribution >= 0.6 is 23.2 Å². The van der Waals surface area contributed by atoms with Gasteiger partial charge in [0.2, 0.25) is 0 Å². The van der Waals surface area contributed by atoms with Gasteiger partial charge < -0.3 is 15.5 Å². The van der Waals surface area contributed by atoms with Gasteiger partial charge in [-0.15, -0.1) is 0 Å². The summed E-state index contributed by atoms with van der Waals surface area (Å²) < 4.78 is 0. The largest absolute Gasteiger partial charge is 0.370 e. The van der Waals surface area contributed by atoms with E-state index in [0.29, 0.717) is 29.7 Å². The van der Waals surface area contributed by atoms with Gasteiger partial charge in [-0.25, -0.2) is 9.78 Å². The summed E-state index contributed by atoms with van der Waals surface area (Å²) in [7, 11) is 0. The molecule has 0 atom stereocenters. The molecule has 2 heterocycles. The molecular formula is C18H20Cl2N4O. The van der Waals surface area contributed by atoms with Crippen molar-refractivity contribution in [2.24, 2.45) is 0 Å². The minimum atomic E-state index is -0.0847. The number of urea groups is 1. The Morgan fingerprint density at radius 3 is 2.84 bits per heavy atom. The molecule has 7 heteroatoms. The molecule has 2 amide bonds. The van der Waals surface area contributed by atoms with E-state index < -0.39 is 0 Å². The van der Waals surface area contributed by atoms with Gasteiger partial charge in [-0.1, -0.05) is 29.3 Å². The van der Waals surface area contributed by atoms with Crippen LogP contribution in [0.5, 0.6) is 0 Å². The Morgan fingerprint density at radius 1 is 1.24 bits per heavy atom. The summed E-state index contributed by atoms with van der Waals surface area (Å²) >= 11 is 11.9. The highest BCUT2D eigenvalue weighted by Gasteiger charge is 2.21. The van der Waals surface area contributed by atoms with Crippen molar-refractivity contribution in [2.75, 3.05) is 18.4 Å². The molecule has 1 aliphatic heterocycles. The molecule has 5 nitrogen and oxygen atoms in total. The average molecular weight is 379 g/mol. The topological polar surface area (TPSA) is 57.3 Å². The Balaban J connectivity index is 1.61. The number of halogens is 2. The minimum Gasteiger partial charge on any atom is -0.370 e. The van der Waals surface area contributed by atoms with Gasteiger partial charge >= 0.3 is 6.03 Å². The van der Waals surface area contributed by atoms with Gasteiger partial charge in [0, 0.05) is 32.4 Å². The van der Waals surface area contributed by atoms with E-state index in [1.54, 1.807) is 12.1 Å². The average Bonchev–Trinajstić information content (AvgIpc) is 2.62. The maximum absolute atomic E-state index is 12.5. The number of nitrogens with zero attached hydrogens (tertiary/aromatic N) is 2. The van der Waals surface area contributed by atoms with Crippen LogP contribution in [0.15, 0.2) is 30.5 Å². The van der Waals surface area contributed by atoms with Crippen molar-refractivity contribution >= 4 is 35.1 Å². The molecule has 132 valence electrons. The van der Waals surface area contributed by atoms with E-state index in [4.69, 9.17) is 23.2 Å². The zero-order valence-corrected chi connectivity index (χ0v) is 15.5. The summed E-state index contributed by atoms with van der Waals surface area (Å²) in [6.45, 7) is 4.54. The maximum atomic E-state index is 12.5. The predicted molar refractivity (Wildman–Crippen MR) is 101 cm³/mol. The van der Waals surface area contributed by atoms with Gasteiger partial charge in [0.15, 0.2) is 0 Å². The molecule has 2 aromatic rings. The number of hydrogen-bond acceptors (Lipinski definition) is 3. The second-order valence-corrected chi connectivity index (χ2v) is 6.76. The zero-order valence-electron chi connectivity index (χ0n) is 14.0. The van der Waals surface area contributed by atoms with E-state index in [9.17, 15) is 4.79 Å². The monoisotopic (exact) mass is 378 g/mol. The normalized spacial score (nSPS) is 13.3. The van der Waals surface area contributed by atoms with Crippen LogP contribution in [0.25, 0.3) is 0 Å². The molecule has 0 unspecified atom stereocenters. The molecule has 0 aliphatic carbocycles. The third kappa shape index (κ3) is 4.35. The minimum absolute atomic E-state index is 0.0847. The molecular weight excluding hydrogens is 359 g/mol. The second-order valence-electron chi connectivity index (χ2n) is 5.95. The standard InChI is InChI=1S/C18H20Cl2N4O/c1-2-21-17-8-14-11-24(6-5-13(14)10-22-17)18(25)23-9-12-3-4-15(19)16(20)7-12/h3-4,7-8,10H,2,5-6,9,11H2,1H3,(H,21,22)(H,23,25). The van der Waals surface area contributed by atoms with Gasteiger partial charge in [-0.2, -0.15) is 0 Å². The van der Waals surface area contributed by atoms with Crippen LogP contribution in [0.3, 0.4) is 0 Å². The number of amides is 2. The number of rotatable bonds is 4. The molecule has 2 N–H and O–H groups in total. The summed E-state index contributed by atoms with van der Waals surface area (Å²) in [4.78, 5) is 18.7. The van der Waals surface area contributed by atoms with Crippen LogP contribution in [0.2, 0.25) is 10.0 Å². The van der Waals surface area contributed by atoms with Crippen LogP contribution in [0, 0.1) is 0 Å². The number of anilines is 1. The fourth-order valence-corrected chi connectivity index (χ4v) is 3.15. The molecule has 25 heavy (non-hydrogen) atoms. The highest BCUT2D eigenvalue weighted by molar-refractivity contribution is 6.42. The lowest BCUT2D eigenvalue weighted by atomic mass is 10.0. The molecule has 1 aliphatic rings. The van der Waals surface area contributed by atoms with Crippen molar-refractivity contribution < 1.29 is 4.79 Å². The quantitative estimate of drug-likeness (QED) is 0.842. The summed E-state index contributed by atoms with van der Waals surface area (Å²) in [6.07, 6.45) is 2.72. The predicted octanol–water partition coefficient (Wildman–Crippen LogP) is 4.09. The second kappa shape index (κ2) is 7.93. The fraction of sp³-hybridized carbons (Fsp3) is 0.333. The zero-order chi connectivity index (χ0) is 17.8. The third-order valence-corrected chi connectivity index (χ3v) is 4.91. The first-order valence-corrected chi connectivity index (χ1v) is 9.00. The first-order chi connectivity index (χ1) is 12.1. The highest BCUT2D eigenvalue weighted by atomic mass is 35.5. The van der Waals surface area contributed by atoms with E-state index in [1.807, 2.05) is 30.2 Å². The maximum Gasteiger partial charge on any atom is 0.317 e. The van der Waals surface area contributed by atoms with E-state index in [2.05, 4.69) is 15.6 Å². The Hall–Kier alpha value is -1.98. The molecule has 0 radical (unpaired) electrons. The van der Waals surface area contributed by atoms with Gasteiger partial charge in [0.25, 0.3) is 0 Å². The molecule has 0 spiro atoms. The van der Waals surface area contributed by atoms with Gasteiger partial charge in [-0.05, 0) is 48.2 Å². The lowest BCUT2D eigenvalue weighted by Gasteiger charge is -2.29. The van der Waals surface area contributed by atoms with Gasteiger partial charge in [0.1, 0.15) is 5.82 Å². The molecule has 0 saturated carbocycles. The van der Waals surface area contributed by atoms with E-state index in [0.717, 1.165) is 29.9 Å². The number of benzene rings is 1. The molecule has 0 bridgehead atoms. The van der Waals surface area contributed by atoms with Crippen LogP contribution in [-0.2, 0) is 19.5 Å². The van der Waals surface area contributed by atoms with Crippen LogP contribution in [0.1, 0.15) is 23.6 Å². The van der Waals surface area contributed by atoms with Crippen molar-refractivity contribution in [2.45, 2.75) is 26.4 Å². The number of fused-ring (bicyclic) bond motifs is 1. The van der Waals surface area contributed by atoms with Gasteiger partial charge in [-0.3, -0.25) is 0 Å². The highest BCUT2D eigenvalue weighted by Crippen LogP contribution is 2.23. The number of hydrogen-bond donors (Lipinski definition) is 2. The van der Waals surface area contributed by atoms with Crippen LogP contribution < -0.4 is 10.6 Å². The summed E-state index contributed by atoms with van der Waals surface area (Å²) in [5.74, 6) is 0.847. The number of nitrogens with one attached hydrogen (secondary N) is 2. The lowest BCUT2D eigenvalue weighted by Crippen LogP contribution is -2.42. The SMILES string of the molecule is CCNc1cc2c(cn1)CCN(C(=O)NCc1ccc(Cl)c(Cl)c1)C2. The number of aromatic nitrogens is 1. The fourth-order valence-electron chi connectivity index (χ4n) is 2.83. The van der Waals surface area contributed by atoms with Crippen molar-refractivity contribution in [3.63, 3.8) is 0 Å². The third-order valence-electron chi connectivity index (χ3n) is 4.17. The Morgan fingerprint density at radius 2 is 2.08 bits per heavy atom. The summed E-state index contributed by atoms with van der Waals surface area (Å²) in [5, 5.41) is 7.14. The van der Waals surface area contributed by atoms with Crippen molar-refractivity contribution in [3.05, 3.63) is 57.2 Å². The molecule has 0 saturated heterocycles.